The summed E-state index contributed by atoms with van der Waals surface area (Å²) in [5.74, 6) is -0.339. The summed E-state index contributed by atoms with van der Waals surface area (Å²) in [6, 6.07) is 25.5. The fourth-order valence-electron chi connectivity index (χ4n) is 3.63. The maximum Gasteiger partial charge on any atom is 0.271 e. The zero-order valence-corrected chi connectivity index (χ0v) is 21.4. The van der Waals surface area contributed by atoms with Crippen LogP contribution in [0.4, 0.5) is 15.8 Å². The fraction of sp³-hybridized carbons (Fsp3) is 0.107. The third-order valence-corrected chi connectivity index (χ3v) is 7.47. The number of nitrogens with zero attached hydrogens (tertiary/aromatic N) is 2. The third-order valence-electron chi connectivity index (χ3n) is 5.68. The van der Waals surface area contributed by atoms with E-state index in [1.165, 1.54) is 42.5 Å². The van der Waals surface area contributed by atoms with Gasteiger partial charge in [0.1, 0.15) is 24.7 Å². The number of halogens is 1. The summed E-state index contributed by atoms with van der Waals surface area (Å²) in [4.78, 5) is 23.4. The SMILES string of the molecule is O=C(CN(c1cccc([N+](=O)[O-])c1)S(=O)(=O)c1ccccc1)NCc1ccc(OCc2ccc(F)cc2)cc1. The van der Waals surface area contributed by atoms with Gasteiger partial charge in [-0.25, -0.2) is 12.8 Å². The van der Waals surface area contributed by atoms with Gasteiger partial charge in [-0.05, 0) is 53.6 Å². The first-order valence-corrected chi connectivity index (χ1v) is 13.2. The van der Waals surface area contributed by atoms with Gasteiger partial charge in [0.15, 0.2) is 0 Å². The molecular weight excluding hydrogens is 525 g/mol. The highest BCUT2D eigenvalue weighted by molar-refractivity contribution is 7.92. The van der Waals surface area contributed by atoms with Gasteiger partial charge in [-0.1, -0.05) is 48.5 Å². The van der Waals surface area contributed by atoms with E-state index in [4.69, 9.17) is 4.74 Å². The van der Waals surface area contributed by atoms with Gasteiger partial charge >= 0.3 is 0 Å². The lowest BCUT2D eigenvalue weighted by atomic mass is 10.2. The highest BCUT2D eigenvalue weighted by atomic mass is 32.2. The molecule has 0 saturated heterocycles. The topological polar surface area (TPSA) is 119 Å². The summed E-state index contributed by atoms with van der Waals surface area (Å²) < 4.78 is 46.3. The third kappa shape index (κ3) is 7.17. The molecule has 0 heterocycles. The molecule has 0 aliphatic rings. The Balaban J connectivity index is 1.43. The quantitative estimate of drug-likeness (QED) is 0.212. The average molecular weight is 550 g/mol. The van der Waals surface area contributed by atoms with Gasteiger partial charge in [0.2, 0.25) is 5.91 Å². The minimum absolute atomic E-state index is 0.00846. The van der Waals surface area contributed by atoms with E-state index < -0.39 is 27.4 Å². The van der Waals surface area contributed by atoms with Crippen molar-refractivity contribution in [1.82, 2.24) is 5.32 Å². The summed E-state index contributed by atoms with van der Waals surface area (Å²) in [5.41, 5.74) is 1.24. The molecular formula is C28H24FN3O6S. The smallest absolute Gasteiger partial charge is 0.271 e. The first-order chi connectivity index (χ1) is 18.7. The van der Waals surface area contributed by atoms with Crippen molar-refractivity contribution in [3.63, 3.8) is 0 Å². The predicted octanol–water partition coefficient (Wildman–Crippen LogP) is 4.82. The number of amides is 1. The maximum atomic E-state index is 13.4. The average Bonchev–Trinajstić information content (AvgIpc) is 2.95. The van der Waals surface area contributed by atoms with Crippen molar-refractivity contribution >= 4 is 27.3 Å². The molecule has 39 heavy (non-hydrogen) atoms. The Morgan fingerprint density at radius 3 is 2.23 bits per heavy atom. The Morgan fingerprint density at radius 1 is 0.897 bits per heavy atom. The van der Waals surface area contributed by atoms with Crippen molar-refractivity contribution in [3.05, 3.63) is 130 Å². The Labute approximate surface area is 224 Å². The highest BCUT2D eigenvalue weighted by Crippen LogP contribution is 2.27. The first-order valence-electron chi connectivity index (χ1n) is 11.8. The number of nitro groups is 1. The molecule has 0 spiro atoms. The van der Waals surface area contributed by atoms with Crippen LogP contribution in [0, 0.1) is 15.9 Å². The number of non-ortho nitro benzene ring substituents is 1. The lowest BCUT2D eigenvalue weighted by Crippen LogP contribution is -2.40. The van der Waals surface area contributed by atoms with Crippen molar-refractivity contribution in [2.75, 3.05) is 10.8 Å². The molecule has 4 aromatic rings. The predicted molar refractivity (Wildman–Crippen MR) is 143 cm³/mol. The zero-order chi connectivity index (χ0) is 27.8. The number of nitrogens with one attached hydrogen (secondary N) is 1. The van der Waals surface area contributed by atoms with Crippen LogP contribution in [0.2, 0.25) is 0 Å². The van der Waals surface area contributed by atoms with Gasteiger partial charge in [-0.15, -0.1) is 0 Å². The molecule has 0 aliphatic carbocycles. The molecule has 1 N–H and O–H groups in total. The van der Waals surface area contributed by atoms with E-state index in [1.54, 1.807) is 54.6 Å². The minimum Gasteiger partial charge on any atom is -0.489 e. The van der Waals surface area contributed by atoms with Gasteiger partial charge in [-0.2, -0.15) is 0 Å². The van der Waals surface area contributed by atoms with E-state index in [-0.39, 0.29) is 35.2 Å². The lowest BCUT2D eigenvalue weighted by molar-refractivity contribution is -0.384. The Bertz CT molecular complexity index is 1550. The van der Waals surface area contributed by atoms with Crippen LogP contribution in [0.5, 0.6) is 5.75 Å². The number of benzene rings is 4. The van der Waals surface area contributed by atoms with Gasteiger partial charge in [-0.3, -0.25) is 19.2 Å². The number of carbonyl (C=O) groups excluding carboxylic acids is 1. The van der Waals surface area contributed by atoms with Crippen molar-refractivity contribution in [2.45, 2.75) is 18.0 Å². The molecule has 0 radical (unpaired) electrons. The number of rotatable bonds is 11. The zero-order valence-electron chi connectivity index (χ0n) is 20.6. The molecule has 0 aliphatic heterocycles. The highest BCUT2D eigenvalue weighted by Gasteiger charge is 2.28. The number of ether oxygens (including phenoxy) is 1. The molecule has 0 aromatic heterocycles. The van der Waals surface area contributed by atoms with Crippen LogP contribution in [0.15, 0.2) is 108 Å². The van der Waals surface area contributed by atoms with Crippen LogP contribution >= 0.6 is 0 Å². The van der Waals surface area contributed by atoms with E-state index in [2.05, 4.69) is 5.32 Å². The van der Waals surface area contributed by atoms with E-state index >= 15 is 0 Å². The van der Waals surface area contributed by atoms with Gasteiger partial charge in [0.25, 0.3) is 15.7 Å². The van der Waals surface area contributed by atoms with E-state index in [0.29, 0.717) is 5.75 Å². The summed E-state index contributed by atoms with van der Waals surface area (Å²) >= 11 is 0. The van der Waals surface area contributed by atoms with Crippen LogP contribution < -0.4 is 14.4 Å². The van der Waals surface area contributed by atoms with Crippen molar-refractivity contribution in [2.24, 2.45) is 0 Å². The molecule has 4 aromatic carbocycles. The Morgan fingerprint density at radius 2 is 1.56 bits per heavy atom. The number of sulfonamides is 1. The second kappa shape index (κ2) is 12.2. The van der Waals surface area contributed by atoms with Crippen LogP contribution in [-0.4, -0.2) is 25.8 Å². The standard InChI is InChI=1S/C28H24FN3O6S/c29-23-13-9-22(10-14-23)20-38-26-15-11-21(12-16-26)18-30-28(33)19-31(24-5-4-6-25(17-24)32(34)35)39(36,37)27-7-2-1-3-8-27/h1-17H,18-20H2,(H,30,33). The van der Waals surface area contributed by atoms with Crippen LogP contribution in [0.1, 0.15) is 11.1 Å². The number of hydrogen-bond donors (Lipinski definition) is 1. The van der Waals surface area contributed by atoms with Crippen molar-refractivity contribution < 1.29 is 27.3 Å². The Kier molecular flexibility index (Phi) is 8.52. The number of nitro benzene ring substituents is 1. The van der Waals surface area contributed by atoms with E-state index in [9.17, 15) is 27.7 Å². The molecule has 11 heteroatoms. The number of carbonyl (C=O) groups is 1. The second-order valence-electron chi connectivity index (χ2n) is 8.44. The first kappa shape index (κ1) is 27.3. The van der Waals surface area contributed by atoms with Gasteiger partial charge in [0.05, 0.1) is 15.5 Å². The van der Waals surface area contributed by atoms with E-state index in [1.807, 2.05) is 0 Å². The second-order valence-corrected chi connectivity index (χ2v) is 10.3. The summed E-state index contributed by atoms with van der Waals surface area (Å²) in [7, 11) is -4.20. The maximum absolute atomic E-state index is 13.4. The minimum atomic E-state index is -4.20. The van der Waals surface area contributed by atoms with Crippen LogP contribution in [0.3, 0.4) is 0 Å². The van der Waals surface area contributed by atoms with Gasteiger partial charge < -0.3 is 10.1 Å². The van der Waals surface area contributed by atoms with Crippen molar-refractivity contribution in [1.29, 1.82) is 0 Å². The summed E-state index contributed by atoms with van der Waals surface area (Å²) in [6.07, 6.45) is 0. The molecule has 0 fully saturated rings. The van der Waals surface area contributed by atoms with E-state index in [0.717, 1.165) is 21.5 Å². The fourth-order valence-corrected chi connectivity index (χ4v) is 5.07. The Hall–Kier alpha value is -4.77. The molecule has 200 valence electrons. The van der Waals surface area contributed by atoms with Crippen molar-refractivity contribution in [3.8, 4) is 5.75 Å². The largest absolute Gasteiger partial charge is 0.489 e. The number of hydrogen-bond acceptors (Lipinski definition) is 6. The molecule has 4 rings (SSSR count). The van der Waals surface area contributed by atoms with Crippen LogP contribution in [0.25, 0.3) is 0 Å². The molecule has 0 bridgehead atoms. The van der Waals surface area contributed by atoms with Gasteiger partial charge in [0, 0.05) is 18.7 Å². The molecule has 0 atom stereocenters. The lowest BCUT2D eigenvalue weighted by Gasteiger charge is -2.24. The van der Waals surface area contributed by atoms with Crippen LogP contribution in [-0.2, 0) is 28.0 Å². The molecule has 0 unspecified atom stereocenters. The number of anilines is 1. The monoisotopic (exact) mass is 549 g/mol. The normalized spacial score (nSPS) is 11.0. The molecule has 1 amide bonds. The molecule has 0 saturated carbocycles. The summed E-state index contributed by atoms with van der Waals surface area (Å²) in [5, 5.41) is 13.9. The molecule has 9 nitrogen and oxygen atoms in total. The summed E-state index contributed by atoms with van der Waals surface area (Å²) in [6.45, 7) is -0.206.